The summed E-state index contributed by atoms with van der Waals surface area (Å²) in [5.41, 5.74) is 7.47. The average molecular weight is 527 g/mol. The van der Waals surface area contributed by atoms with E-state index in [4.69, 9.17) is 36.3 Å². The molecular formula is C26H36Cl2N2O5. The molecule has 1 fully saturated rings. The minimum absolute atomic E-state index is 0. The van der Waals surface area contributed by atoms with Crippen LogP contribution in [0.15, 0.2) is 42.5 Å². The van der Waals surface area contributed by atoms with Gasteiger partial charge in [0.25, 0.3) is 0 Å². The Morgan fingerprint density at radius 3 is 2.31 bits per heavy atom. The molecule has 7 nitrogen and oxygen atoms in total. The summed E-state index contributed by atoms with van der Waals surface area (Å²) < 4.78 is 22.1. The van der Waals surface area contributed by atoms with Crippen LogP contribution >= 0.6 is 24.0 Å². The molecule has 1 saturated heterocycles. The second kappa shape index (κ2) is 14.5. The number of methoxy groups -OCH3 is 3. The second-order valence-electron chi connectivity index (χ2n) is 8.48. The maximum Gasteiger partial charge on any atom is 0.166 e. The van der Waals surface area contributed by atoms with Gasteiger partial charge in [-0.2, -0.15) is 0 Å². The Balaban J connectivity index is 0.00000432. The number of halogens is 2. The van der Waals surface area contributed by atoms with Crippen LogP contribution in [0.2, 0.25) is 0 Å². The van der Waals surface area contributed by atoms with Crippen LogP contribution in [0.5, 0.6) is 17.2 Å². The zero-order valence-electron chi connectivity index (χ0n) is 20.6. The van der Waals surface area contributed by atoms with Gasteiger partial charge < -0.3 is 24.7 Å². The standard InChI is InChI=1S/C26H35ClN2O5.ClH/c1-31-19-10-12-29(13-11-19)26(27)23(28)8-9-24(30)22-6-4-5-7-25(22)34-17-18-14-20(32-2)16-21(15-18)33-3;/h4-7,14-16,19,23,26H,8-13,17,28H2,1-3H3;1H. The zero-order valence-corrected chi connectivity index (χ0v) is 22.1. The van der Waals surface area contributed by atoms with Gasteiger partial charge in [-0.05, 0) is 49.1 Å². The maximum atomic E-state index is 13.0. The first-order valence-corrected chi connectivity index (χ1v) is 12.0. The van der Waals surface area contributed by atoms with Crippen molar-refractivity contribution in [3.63, 3.8) is 0 Å². The molecule has 0 aliphatic carbocycles. The first kappa shape index (κ1) is 29.2. The van der Waals surface area contributed by atoms with Crippen LogP contribution in [0.1, 0.15) is 41.6 Å². The van der Waals surface area contributed by atoms with Crippen molar-refractivity contribution in [2.45, 2.75) is 49.9 Å². The smallest absolute Gasteiger partial charge is 0.166 e. The molecule has 2 aromatic rings. The van der Waals surface area contributed by atoms with Crippen LogP contribution in [0, 0.1) is 0 Å². The van der Waals surface area contributed by atoms with E-state index in [1.165, 1.54) is 0 Å². The molecule has 0 saturated carbocycles. The average Bonchev–Trinajstić information content (AvgIpc) is 2.89. The lowest BCUT2D eigenvalue weighted by Gasteiger charge is -2.36. The van der Waals surface area contributed by atoms with Crippen LogP contribution in [-0.2, 0) is 11.3 Å². The van der Waals surface area contributed by atoms with Crippen molar-refractivity contribution in [3.05, 3.63) is 53.6 Å². The number of likely N-dealkylation sites (tertiary alicyclic amines) is 1. The molecule has 1 aliphatic rings. The Kier molecular flexibility index (Phi) is 12.1. The van der Waals surface area contributed by atoms with Gasteiger partial charge in [-0.15, -0.1) is 24.0 Å². The van der Waals surface area contributed by atoms with E-state index in [1.807, 2.05) is 24.3 Å². The van der Waals surface area contributed by atoms with Gasteiger partial charge in [-0.3, -0.25) is 9.69 Å². The number of hydrogen-bond donors (Lipinski definition) is 1. The highest BCUT2D eigenvalue weighted by atomic mass is 35.5. The Morgan fingerprint density at radius 1 is 1.09 bits per heavy atom. The van der Waals surface area contributed by atoms with E-state index in [0.29, 0.717) is 35.7 Å². The van der Waals surface area contributed by atoms with Gasteiger partial charge in [-0.1, -0.05) is 12.1 Å². The lowest BCUT2D eigenvalue weighted by Crippen LogP contribution is -2.48. The summed E-state index contributed by atoms with van der Waals surface area (Å²) >= 11 is 6.63. The van der Waals surface area contributed by atoms with Crippen molar-refractivity contribution in [2.24, 2.45) is 5.73 Å². The third kappa shape index (κ3) is 8.26. The van der Waals surface area contributed by atoms with Crippen LogP contribution in [0.25, 0.3) is 0 Å². The summed E-state index contributed by atoms with van der Waals surface area (Å²) in [6, 6.07) is 12.5. The van der Waals surface area contributed by atoms with Crippen molar-refractivity contribution < 1.29 is 23.7 Å². The fourth-order valence-corrected chi connectivity index (χ4v) is 4.45. The van der Waals surface area contributed by atoms with Crippen molar-refractivity contribution in [2.75, 3.05) is 34.4 Å². The number of piperidine rings is 1. The number of benzene rings is 2. The van der Waals surface area contributed by atoms with Gasteiger partial charge in [0.1, 0.15) is 29.4 Å². The minimum atomic E-state index is -0.305. The Morgan fingerprint density at radius 2 is 1.71 bits per heavy atom. The fraction of sp³-hybridized carbons (Fsp3) is 0.500. The molecule has 0 radical (unpaired) electrons. The topological polar surface area (TPSA) is 83.2 Å². The van der Waals surface area contributed by atoms with Crippen LogP contribution < -0.4 is 19.9 Å². The Labute approximate surface area is 219 Å². The van der Waals surface area contributed by atoms with E-state index < -0.39 is 0 Å². The SMILES string of the molecule is COc1cc(COc2ccccc2C(=O)CCC(N)C(Cl)N2CCC(OC)CC2)cc(OC)c1.Cl. The van der Waals surface area contributed by atoms with Crippen molar-refractivity contribution in [3.8, 4) is 17.2 Å². The molecule has 2 N–H and O–H groups in total. The van der Waals surface area contributed by atoms with E-state index in [9.17, 15) is 4.79 Å². The highest BCUT2D eigenvalue weighted by molar-refractivity contribution is 6.20. The molecule has 1 aliphatic heterocycles. The summed E-state index contributed by atoms with van der Waals surface area (Å²) in [5.74, 6) is 1.87. The highest BCUT2D eigenvalue weighted by Gasteiger charge is 2.28. The molecular weight excluding hydrogens is 491 g/mol. The fourth-order valence-electron chi connectivity index (χ4n) is 4.13. The number of carbonyl (C=O) groups is 1. The number of para-hydroxylation sites is 1. The number of alkyl halides is 1. The molecule has 0 aromatic heterocycles. The number of hydrogen-bond acceptors (Lipinski definition) is 7. The van der Waals surface area contributed by atoms with E-state index in [1.54, 1.807) is 39.5 Å². The van der Waals surface area contributed by atoms with Crippen molar-refractivity contribution in [1.29, 1.82) is 0 Å². The predicted molar refractivity (Wildman–Crippen MR) is 140 cm³/mol. The van der Waals surface area contributed by atoms with Gasteiger partial charge in [0.05, 0.1) is 25.9 Å². The molecule has 2 aromatic carbocycles. The molecule has 0 amide bonds. The largest absolute Gasteiger partial charge is 0.497 e. The molecule has 1 heterocycles. The molecule has 2 atom stereocenters. The third-order valence-corrected chi connectivity index (χ3v) is 6.81. The Bertz CT molecular complexity index is 915. The number of ketones is 1. The number of rotatable bonds is 12. The zero-order chi connectivity index (χ0) is 24.5. The first-order valence-electron chi connectivity index (χ1n) is 11.6. The molecule has 35 heavy (non-hydrogen) atoms. The van der Waals surface area contributed by atoms with E-state index >= 15 is 0 Å². The van der Waals surface area contributed by atoms with Crippen LogP contribution in [-0.4, -0.2) is 62.7 Å². The lowest BCUT2D eigenvalue weighted by molar-refractivity contribution is 0.0342. The van der Waals surface area contributed by atoms with Gasteiger partial charge in [0.2, 0.25) is 0 Å². The normalized spacial score (nSPS) is 16.1. The summed E-state index contributed by atoms with van der Waals surface area (Å²) in [6.45, 7) is 1.97. The van der Waals surface area contributed by atoms with E-state index in [-0.39, 0.29) is 42.4 Å². The minimum Gasteiger partial charge on any atom is -0.497 e. The van der Waals surface area contributed by atoms with Gasteiger partial charge in [0, 0.05) is 38.7 Å². The highest BCUT2D eigenvalue weighted by Crippen LogP contribution is 2.26. The van der Waals surface area contributed by atoms with Crippen LogP contribution in [0.4, 0.5) is 0 Å². The monoisotopic (exact) mass is 526 g/mol. The predicted octanol–water partition coefficient (Wildman–Crippen LogP) is 4.67. The third-order valence-electron chi connectivity index (χ3n) is 6.21. The summed E-state index contributed by atoms with van der Waals surface area (Å²) in [4.78, 5) is 15.2. The molecule has 0 bridgehead atoms. The summed E-state index contributed by atoms with van der Waals surface area (Å²) in [6.07, 6.45) is 2.96. The van der Waals surface area contributed by atoms with E-state index in [0.717, 1.165) is 31.5 Å². The molecule has 9 heteroatoms. The number of carbonyl (C=O) groups excluding carboxylic acids is 1. The molecule has 2 unspecified atom stereocenters. The van der Waals surface area contributed by atoms with Crippen molar-refractivity contribution in [1.82, 2.24) is 4.90 Å². The van der Waals surface area contributed by atoms with Gasteiger partial charge >= 0.3 is 0 Å². The number of nitrogens with zero attached hydrogens (tertiary/aromatic N) is 1. The Hall–Kier alpha value is -2.03. The summed E-state index contributed by atoms with van der Waals surface area (Å²) in [7, 11) is 4.95. The first-order chi connectivity index (χ1) is 16.4. The van der Waals surface area contributed by atoms with Crippen molar-refractivity contribution >= 4 is 29.8 Å². The van der Waals surface area contributed by atoms with E-state index in [2.05, 4.69) is 4.90 Å². The van der Waals surface area contributed by atoms with Gasteiger partial charge in [0.15, 0.2) is 5.78 Å². The molecule has 194 valence electrons. The lowest BCUT2D eigenvalue weighted by atomic mass is 10.0. The summed E-state index contributed by atoms with van der Waals surface area (Å²) in [5, 5.41) is 0. The molecule has 0 spiro atoms. The van der Waals surface area contributed by atoms with Crippen LogP contribution in [0.3, 0.4) is 0 Å². The number of Topliss-reactive ketones (excluding diaryl/α,β-unsaturated/α-hetero) is 1. The second-order valence-corrected chi connectivity index (χ2v) is 8.92. The maximum absolute atomic E-state index is 13.0. The molecule has 3 rings (SSSR count). The number of nitrogens with two attached hydrogens (primary N) is 1. The van der Waals surface area contributed by atoms with Gasteiger partial charge in [-0.25, -0.2) is 0 Å². The quantitative estimate of drug-likeness (QED) is 0.244. The number of ether oxygens (including phenoxy) is 4.